The normalized spacial score (nSPS) is 20.2. The molecule has 5 heteroatoms. The Morgan fingerprint density at radius 3 is 2.91 bits per heavy atom. The summed E-state index contributed by atoms with van der Waals surface area (Å²) < 4.78 is 7.46. The molecule has 0 saturated carbocycles. The van der Waals surface area contributed by atoms with Crippen molar-refractivity contribution in [3.05, 3.63) is 48.3 Å². The highest BCUT2D eigenvalue weighted by atomic mass is 16.5. The van der Waals surface area contributed by atoms with Crippen LogP contribution in [0.4, 0.5) is 0 Å². The highest BCUT2D eigenvalue weighted by Gasteiger charge is 2.28. The average Bonchev–Trinajstić information content (AvgIpc) is 3.15. The molecule has 2 atom stereocenters. The summed E-state index contributed by atoms with van der Waals surface area (Å²) in [5, 5.41) is 14.5. The standard InChI is InChI=1S/C17H23N3O2/c1-19-11-14(10-18-19)17-8-5-9-20(17)12-15(21)13-22-16-6-3-2-4-7-16/h2-4,6-7,10-11,15,17,21H,5,8-9,12-13H2,1H3/t15-,17-/m0/s1. The third-order valence-corrected chi connectivity index (χ3v) is 4.10. The van der Waals surface area contributed by atoms with Gasteiger partial charge >= 0.3 is 0 Å². The monoisotopic (exact) mass is 301 g/mol. The maximum atomic E-state index is 10.3. The molecule has 2 heterocycles. The fraction of sp³-hybridized carbons (Fsp3) is 0.471. The van der Waals surface area contributed by atoms with E-state index in [2.05, 4.69) is 16.2 Å². The molecule has 1 N–H and O–H groups in total. The predicted molar refractivity (Wildman–Crippen MR) is 84.7 cm³/mol. The summed E-state index contributed by atoms with van der Waals surface area (Å²) in [6.45, 7) is 1.97. The molecule has 1 aromatic carbocycles. The summed E-state index contributed by atoms with van der Waals surface area (Å²) in [5.74, 6) is 0.798. The van der Waals surface area contributed by atoms with E-state index in [0.717, 1.165) is 25.1 Å². The number of hydrogen-bond donors (Lipinski definition) is 1. The number of rotatable bonds is 6. The van der Waals surface area contributed by atoms with Crippen LogP contribution in [0.1, 0.15) is 24.4 Å². The summed E-state index contributed by atoms with van der Waals surface area (Å²) in [6.07, 6.45) is 5.78. The lowest BCUT2D eigenvalue weighted by Gasteiger charge is -2.26. The molecule has 0 aliphatic carbocycles. The minimum atomic E-state index is -0.488. The average molecular weight is 301 g/mol. The van der Waals surface area contributed by atoms with E-state index >= 15 is 0 Å². The van der Waals surface area contributed by atoms with E-state index in [0.29, 0.717) is 19.2 Å². The predicted octanol–water partition coefficient (Wildman–Crippen LogP) is 2.00. The van der Waals surface area contributed by atoms with Gasteiger partial charge in [-0.25, -0.2) is 0 Å². The van der Waals surface area contributed by atoms with Gasteiger partial charge in [0.25, 0.3) is 0 Å². The number of ether oxygens (including phenoxy) is 1. The molecule has 5 nitrogen and oxygen atoms in total. The lowest BCUT2D eigenvalue weighted by atomic mass is 10.1. The Morgan fingerprint density at radius 2 is 2.18 bits per heavy atom. The second kappa shape index (κ2) is 6.94. The fourth-order valence-electron chi connectivity index (χ4n) is 3.07. The smallest absolute Gasteiger partial charge is 0.119 e. The van der Waals surface area contributed by atoms with Gasteiger partial charge in [0.2, 0.25) is 0 Å². The highest BCUT2D eigenvalue weighted by Crippen LogP contribution is 2.31. The van der Waals surface area contributed by atoms with Crippen molar-refractivity contribution in [2.45, 2.75) is 25.0 Å². The van der Waals surface area contributed by atoms with E-state index in [1.807, 2.05) is 48.3 Å². The van der Waals surface area contributed by atoms with E-state index in [4.69, 9.17) is 4.74 Å². The van der Waals surface area contributed by atoms with Gasteiger partial charge in [0, 0.05) is 31.4 Å². The van der Waals surface area contributed by atoms with Crippen LogP contribution in [0.25, 0.3) is 0 Å². The molecule has 0 bridgehead atoms. The zero-order chi connectivity index (χ0) is 15.4. The number of benzene rings is 1. The number of aliphatic hydroxyl groups excluding tert-OH is 1. The maximum Gasteiger partial charge on any atom is 0.119 e. The molecule has 2 aromatic rings. The Labute approximate surface area is 131 Å². The summed E-state index contributed by atoms with van der Waals surface area (Å²) in [6, 6.07) is 9.98. The van der Waals surface area contributed by atoms with Gasteiger partial charge in [-0.3, -0.25) is 9.58 Å². The van der Waals surface area contributed by atoms with Gasteiger partial charge in [-0.2, -0.15) is 5.10 Å². The molecule has 22 heavy (non-hydrogen) atoms. The number of aromatic nitrogens is 2. The maximum absolute atomic E-state index is 10.3. The summed E-state index contributed by atoms with van der Waals surface area (Å²) in [7, 11) is 1.94. The third kappa shape index (κ3) is 3.67. The second-order valence-corrected chi connectivity index (χ2v) is 5.88. The minimum absolute atomic E-state index is 0.320. The first-order chi connectivity index (χ1) is 10.7. The molecule has 118 valence electrons. The van der Waals surface area contributed by atoms with E-state index in [9.17, 15) is 5.11 Å². The van der Waals surface area contributed by atoms with Crippen LogP contribution in [-0.4, -0.2) is 45.6 Å². The van der Waals surface area contributed by atoms with Gasteiger partial charge in [0.15, 0.2) is 0 Å². The molecular weight excluding hydrogens is 278 g/mol. The number of hydrogen-bond acceptors (Lipinski definition) is 4. The molecule has 1 aromatic heterocycles. The van der Waals surface area contributed by atoms with Crippen molar-refractivity contribution < 1.29 is 9.84 Å². The first-order valence-corrected chi connectivity index (χ1v) is 7.81. The van der Waals surface area contributed by atoms with Crippen LogP contribution < -0.4 is 4.74 Å². The molecule has 0 amide bonds. The zero-order valence-corrected chi connectivity index (χ0v) is 12.9. The Hall–Kier alpha value is -1.85. The highest BCUT2D eigenvalue weighted by molar-refractivity contribution is 5.21. The lowest BCUT2D eigenvalue weighted by molar-refractivity contribution is 0.0638. The van der Waals surface area contributed by atoms with Crippen LogP contribution in [-0.2, 0) is 7.05 Å². The van der Waals surface area contributed by atoms with Crippen molar-refractivity contribution in [1.82, 2.24) is 14.7 Å². The fourth-order valence-corrected chi connectivity index (χ4v) is 3.07. The van der Waals surface area contributed by atoms with Crippen LogP contribution in [0.2, 0.25) is 0 Å². The van der Waals surface area contributed by atoms with E-state index in [1.54, 1.807) is 0 Å². The van der Waals surface area contributed by atoms with Gasteiger partial charge in [0.1, 0.15) is 18.5 Å². The van der Waals surface area contributed by atoms with Crippen LogP contribution in [0.15, 0.2) is 42.7 Å². The molecule has 1 aliphatic rings. The summed E-state index contributed by atoms with van der Waals surface area (Å²) in [5.41, 5.74) is 1.23. The Balaban J connectivity index is 1.53. The number of likely N-dealkylation sites (tertiary alicyclic amines) is 1. The number of β-amino-alcohol motifs (C(OH)–C–C–N with tert-alkyl or cyclic N) is 1. The van der Waals surface area contributed by atoms with Crippen molar-refractivity contribution >= 4 is 0 Å². The van der Waals surface area contributed by atoms with Crippen molar-refractivity contribution in [2.75, 3.05) is 19.7 Å². The van der Waals surface area contributed by atoms with Crippen LogP contribution in [0.3, 0.4) is 0 Å². The van der Waals surface area contributed by atoms with Crippen molar-refractivity contribution in [3.63, 3.8) is 0 Å². The molecule has 0 radical (unpaired) electrons. The first kappa shape index (κ1) is 15.1. The van der Waals surface area contributed by atoms with Crippen molar-refractivity contribution in [3.8, 4) is 5.75 Å². The van der Waals surface area contributed by atoms with Crippen LogP contribution in [0.5, 0.6) is 5.75 Å². The van der Waals surface area contributed by atoms with Crippen molar-refractivity contribution in [1.29, 1.82) is 0 Å². The lowest BCUT2D eigenvalue weighted by Crippen LogP contribution is -2.35. The van der Waals surface area contributed by atoms with Crippen molar-refractivity contribution in [2.24, 2.45) is 7.05 Å². The Kier molecular flexibility index (Phi) is 4.75. The number of aliphatic hydroxyl groups is 1. The van der Waals surface area contributed by atoms with E-state index in [1.165, 1.54) is 5.56 Å². The number of para-hydroxylation sites is 1. The summed E-state index contributed by atoms with van der Waals surface area (Å²) in [4.78, 5) is 2.33. The second-order valence-electron chi connectivity index (χ2n) is 5.88. The molecule has 0 unspecified atom stereocenters. The summed E-state index contributed by atoms with van der Waals surface area (Å²) >= 11 is 0. The van der Waals surface area contributed by atoms with E-state index < -0.39 is 6.10 Å². The Bertz CT molecular complexity index is 585. The van der Waals surface area contributed by atoms with Gasteiger partial charge in [0.05, 0.1) is 6.20 Å². The van der Waals surface area contributed by atoms with Crippen LogP contribution >= 0.6 is 0 Å². The first-order valence-electron chi connectivity index (χ1n) is 7.81. The molecule has 1 saturated heterocycles. The molecule has 1 aliphatic heterocycles. The minimum Gasteiger partial charge on any atom is -0.491 e. The zero-order valence-electron chi connectivity index (χ0n) is 12.9. The molecule has 0 spiro atoms. The van der Waals surface area contributed by atoms with Gasteiger partial charge < -0.3 is 9.84 Å². The largest absolute Gasteiger partial charge is 0.491 e. The SMILES string of the molecule is Cn1cc([C@@H]2CCCN2C[C@H](O)COc2ccccc2)cn1. The van der Waals surface area contributed by atoms with E-state index in [-0.39, 0.29) is 0 Å². The number of nitrogens with zero attached hydrogens (tertiary/aromatic N) is 3. The van der Waals surface area contributed by atoms with Gasteiger partial charge in [-0.1, -0.05) is 18.2 Å². The Morgan fingerprint density at radius 1 is 1.36 bits per heavy atom. The third-order valence-electron chi connectivity index (χ3n) is 4.10. The quantitative estimate of drug-likeness (QED) is 0.886. The number of aryl methyl sites for hydroxylation is 1. The van der Waals surface area contributed by atoms with Gasteiger partial charge in [-0.15, -0.1) is 0 Å². The van der Waals surface area contributed by atoms with Gasteiger partial charge in [-0.05, 0) is 31.5 Å². The topological polar surface area (TPSA) is 50.5 Å². The van der Waals surface area contributed by atoms with Crippen LogP contribution in [0, 0.1) is 0 Å². The molecule has 1 fully saturated rings. The molecular formula is C17H23N3O2. The molecule has 3 rings (SSSR count).